The summed E-state index contributed by atoms with van der Waals surface area (Å²) in [6.07, 6.45) is 4.38. The zero-order valence-electron chi connectivity index (χ0n) is 18.2. The maximum atomic E-state index is 13.5. The Kier molecular flexibility index (Phi) is 5.90. The van der Waals surface area contributed by atoms with E-state index in [9.17, 15) is 9.59 Å². The molecule has 172 valence electrons. The van der Waals surface area contributed by atoms with Crippen LogP contribution < -0.4 is 15.4 Å². The number of nitrogens with one attached hydrogen (secondary N) is 1. The molecule has 0 unspecified atom stereocenters. The van der Waals surface area contributed by atoms with Crippen LogP contribution in [0.25, 0.3) is 11.0 Å². The fraction of sp³-hybridized carbons (Fsp3) is 0.200. The van der Waals surface area contributed by atoms with Crippen LogP contribution >= 0.6 is 11.6 Å². The monoisotopic (exact) mass is 475 g/mol. The molecule has 1 aliphatic rings. The molecule has 1 saturated heterocycles. The van der Waals surface area contributed by atoms with Gasteiger partial charge in [-0.3, -0.25) is 9.59 Å². The van der Waals surface area contributed by atoms with Crippen LogP contribution in [0.1, 0.15) is 28.8 Å². The minimum absolute atomic E-state index is 0.142. The first-order valence-electron chi connectivity index (χ1n) is 10.9. The number of nitrogens with zero attached hydrogens (tertiary/aromatic N) is 3. The van der Waals surface area contributed by atoms with E-state index in [1.54, 1.807) is 24.4 Å². The average Bonchev–Trinajstić information content (AvgIpc) is 3.29. The maximum absolute atomic E-state index is 13.5. The third-order valence-corrected chi connectivity index (χ3v) is 6.37. The maximum Gasteiger partial charge on any atom is 0.220 e. The summed E-state index contributed by atoms with van der Waals surface area (Å²) in [7, 11) is 0. The lowest BCUT2D eigenvalue weighted by Crippen LogP contribution is -2.39. The van der Waals surface area contributed by atoms with Crippen molar-refractivity contribution >= 4 is 40.1 Å². The Bertz CT molecular complexity index is 1360. The van der Waals surface area contributed by atoms with Gasteiger partial charge in [-0.15, -0.1) is 0 Å². The number of halogens is 1. The molecule has 4 aromatic rings. The Morgan fingerprint density at radius 3 is 2.50 bits per heavy atom. The molecule has 8 nitrogen and oxygen atoms in total. The van der Waals surface area contributed by atoms with Gasteiger partial charge in [0.2, 0.25) is 5.91 Å². The largest absolute Gasteiger partial charge is 0.457 e. The van der Waals surface area contributed by atoms with Gasteiger partial charge in [0.15, 0.2) is 5.78 Å². The number of H-pyrrole nitrogens is 1. The van der Waals surface area contributed by atoms with Crippen molar-refractivity contribution in [3.8, 4) is 11.5 Å². The normalized spacial score (nSPS) is 14.3. The fourth-order valence-corrected chi connectivity index (χ4v) is 4.51. The molecule has 0 saturated carbocycles. The summed E-state index contributed by atoms with van der Waals surface area (Å²) in [6, 6.07) is 14.3. The van der Waals surface area contributed by atoms with Gasteiger partial charge < -0.3 is 20.4 Å². The van der Waals surface area contributed by atoms with Crippen molar-refractivity contribution in [1.29, 1.82) is 0 Å². The number of amides is 1. The van der Waals surface area contributed by atoms with E-state index < -0.39 is 0 Å². The van der Waals surface area contributed by atoms with Crippen molar-refractivity contribution in [2.24, 2.45) is 11.7 Å². The van der Waals surface area contributed by atoms with E-state index in [1.165, 1.54) is 6.33 Å². The number of ether oxygens (including phenoxy) is 1. The third-order valence-electron chi connectivity index (χ3n) is 6.06. The van der Waals surface area contributed by atoms with E-state index in [2.05, 4.69) is 19.9 Å². The van der Waals surface area contributed by atoms with Crippen LogP contribution in [0.3, 0.4) is 0 Å². The molecule has 0 bridgehead atoms. The Morgan fingerprint density at radius 1 is 1.03 bits per heavy atom. The van der Waals surface area contributed by atoms with Crippen LogP contribution in [-0.2, 0) is 4.79 Å². The van der Waals surface area contributed by atoms with Crippen LogP contribution in [0.5, 0.6) is 11.5 Å². The minimum atomic E-state index is -0.278. The van der Waals surface area contributed by atoms with Gasteiger partial charge in [-0.1, -0.05) is 29.8 Å². The summed E-state index contributed by atoms with van der Waals surface area (Å²) >= 11 is 6.50. The number of carbonyl (C=O) groups is 2. The number of fused-ring (bicyclic) bond motifs is 1. The standard InChI is InChI=1S/C25H22ClN5O3/c26-20-12-17(34-16-4-2-1-3-5-16)6-7-18(20)22(32)19-13-28-24-21(19)25(30-14-29-24)31-10-8-15(9-11-31)23(27)33/h1-7,12-15H,8-11H2,(H2,27,33)(H,28,29,30). The molecular formula is C25H22ClN5O3. The molecule has 34 heavy (non-hydrogen) atoms. The number of aromatic amines is 1. The van der Waals surface area contributed by atoms with E-state index in [0.717, 1.165) is 0 Å². The third kappa shape index (κ3) is 4.20. The van der Waals surface area contributed by atoms with Gasteiger partial charge in [0.1, 0.15) is 29.3 Å². The summed E-state index contributed by atoms with van der Waals surface area (Å²) < 4.78 is 5.82. The lowest BCUT2D eigenvalue weighted by Gasteiger charge is -2.31. The van der Waals surface area contributed by atoms with E-state index in [1.807, 2.05) is 30.3 Å². The number of para-hydroxylation sites is 1. The van der Waals surface area contributed by atoms with E-state index in [0.29, 0.717) is 65.4 Å². The van der Waals surface area contributed by atoms with Crippen molar-refractivity contribution in [3.63, 3.8) is 0 Å². The van der Waals surface area contributed by atoms with Crippen molar-refractivity contribution in [2.75, 3.05) is 18.0 Å². The van der Waals surface area contributed by atoms with Crippen molar-refractivity contribution < 1.29 is 14.3 Å². The first kappa shape index (κ1) is 21.9. The second kappa shape index (κ2) is 9.15. The Hall–Kier alpha value is -3.91. The van der Waals surface area contributed by atoms with Gasteiger partial charge in [-0.25, -0.2) is 9.97 Å². The number of ketones is 1. The lowest BCUT2D eigenvalue weighted by atomic mass is 9.96. The highest BCUT2D eigenvalue weighted by molar-refractivity contribution is 6.35. The van der Waals surface area contributed by atoms with Crippen molar-refractivity contribution in [1.82, 2.24) is 15.0 Å². The number of nitrogens with two attached hydrogens (primary N) is 1. The highest BCUT2D eigenvalue weighted by Gasteiger charge is 2.27. The zero-order chi connectivity index (χ0) is 23.7. The van der Waals surface area contributed by atoms with Crippen molar-refractivity contribution in [3.05, 3.63) is 77.2 Å². The van der Waals surface area contributed by atoms with Gasteiger partial charge >= 0.3 is 0 Å². The summed E-state index contributed by atoms with van der Waals surface area (Å²) in [5, 5.41) is 0.916. The SMILES string of the molecule is NC(=O)C1CCN(c2ncnc3[nH]cc(C(=O)c4ccc(Oc5ccccc5)cc4Cl)c23)CC1. The summed E-state index contributed by atoms with van der Waals surface area (Å²) in [6.45, 7) is 1.23. The summed E-state index contributed by atoms with van der Waals surface area (Å²) in [5.74, 6) is 1.20. The number of anilines is 1. The van der Waals surface area contributed by atoms with Gasteiger partial charge in [0, 0.05) is 36.8 Å². The van der Waals surface area contributed by atoms with Crippen molar-refractivity contribution in [2.45, 2.75) is 12.8 Å². The van der Waals surface area contributed by atoms with Crippen LogP contribution in [0.15, 0.2) is 61.1 Å². The predicted octanol–water partition coefficient (Wildman–Crippen LogP) is 4.34. The molecule has 3 heterocycles. The molecular weight excluding hydrogens is 454 g/mol. The van der Waals surface area contributed by atoms with Gasteiger partial charge in [0.05, 0.1) is 16.0 Å². The van der Waals surface area contributed by atoms with Gasteiger partial charge in [-0.05, 0) is 37.1 Å². The molecule has 1 amide bonds. The number of carbonyl (C=O) groups excluding carboxylic acids is 2. The molecule has 2 aromatic heterocycles. The molecule has 5 rings (SSSR count). The van der Waals surface area contributed by atoms with E-state index in [-0.39, 0.29) is 22.6 Å². The number of piperidine rings is 1. The Balaban J connectivity index is 1.44. The molecule has 1 fully saturated rings. The van der Waals surface area contributed by atoms with Gasteiger partial charge in [0.25, 0.3) is 0 Å². The first-order valence-corrected chi connectivity index (χ1v) is 11.3. The minimum Gasteiger partial charge on any atom is -0.457 e. The van der Waals surface area contributed by atoms with E-state index >= 15 is 0 Å². The van der Waals surface area contributed by atoms with Crippen LogP contribution in [0.2, 0.25) is 5.02 Å². The number of hydrogen-bond acceptors (Lipinski definition) is 6. The molecule has 0 radical (unpaired) electrons. The Labute approximate surface area is 200 Å². The van der Waals surface area contributed by atoms with Crippen LogP contribution in [0, 0.1) is 5.92 Å². The zero-order valence-corrected chi connectivity index (χ0v) is 19.0. The lowest BCUT2D eigenvalue weighted by molar-refractivity contribution is -0.122. The summed E-state index contributed by atoms with van der Waals surface area (Å²) in [5.41, 5.74) is 6.81. The number of benzene rings is 2. The van der Waals surface area contributed by atoms with Crippen LogP contribution in [-0.4, -0.2) is 39.7 Å². The molecule has 3 N–H and O–H groups in total. The van der Waals surface area contributed by atoms with E-state index in [4.69, 9.17) is 22.1 Å². The molecule has 2 aromatic carbocycles. The number of aromatic nitrogens is 3. The van der Waals surface area contributed by atoms with Gasteiger partial charge in [-0.2, -0.15) is 0 Å². The Morgan fingerprint density at radius 2 is 1.79 bits per heavy atom. The highest BCUT2D eigenvalue weighted by Crippen LogP contribution is 2.33. The fourth-order valence-electron chi connectivity index (χ4n) is 4.25. The number of hydrogen-bond donors (Lipinski definition) is 2. The molecule has 0 atom stereocenters. The molecule has 9 heteroatoms. The average molecular weight is 476 g/mol. The smallest absolute Gasteiger partial charge is 0.220 e. The first-order chi connectivity index (χ1) is 16.5. The predicted molar refractivity (Wildman–Crippen MR) is 129 cm³/mol. The number of primary amides is 1. The quantitative estimate of drug-likeness (QED) is 0.401. The highest BCUT2D eigenvalue weighted by atomic mass is 35.5. The summed E-state index contributed by atoms with van der Waals surface area (Å²) in [4.78, 5) is 38.9. The molecule has 1 aliphatic heterocycles. The topological polar surface area (TPSA) is 114 Å². The number of rotatable bonds is 6. The van der Waals surface area contributed by atoms with Crippen LogP contribution in [0.4, 0.5) is 5.82 Å². The second-order valence-corrected chi connectivity index (χ2v) is 8.58. The molecule has 0 spiro atoms. The molecule has 0 aliphatic carbocycles. The second-order valence-electron chi connectivity index (χ2n) is 8.17.